The molecule has 0 spiro atoms. The fraction of sp³-hybridized carbons (Fsp3) is 0.750. The summed E-state index contributed by atoms with van der Waals surface area (Å²) in [5, 5.41) is 0. The van der Waals surface area contributed by atoms with Crippen molar-refractivity contribution < 1.29 is 28.6 Å². The Bertz CT molecular complexity index is 1070. The molecule has 0 saturated heterocycles. The standard InChI is InChI=1S/C52H90O6/c1-4-7-10-13-16-19-22-24-25-26-27-29-30-33-36-39-42-45-51(54)57-48-49(47-56-50(53)44-41-38-35-32-21-18-15-12-9-6-3)58-52(55)46-43-40-37-34-31-28-23-20-17-14-11-8-5-2/h8,11-12,15,17,20,24-25,28,31,49H,4-7,9-10,13-14,16,18-19,21-23,26-27,29-30,32-48H2,1-3H3/b11-8-,15-12-,20-17-,25-24-,31-28-. The first-order valence-electron chi connectivity index (χ1n) is 24.3. The van der Waals surface area contributed by atoms with Crippen LogP contribution in [0.25, 0.3) is 0 Å². The number of hydrogen-bond acceptors (Lipinski definition) is 6. The van der Waals surface area contributed by atoms with Crippen LogP contribution in [0.3, 0.4) is 0 Å². The molecule has 0 aromatic carbocycles. The van der Waals surface area contributed by atoms with Crippen molar-refractivity contribution in [3.63, 3.8) is 0 Å². The molecule has 0 radical (unpaired) electrons. The van der Waals surface area contributed by atoms with E-state index in [1.54, 1.807) is 0 Å². The number of carbonyl (C=O) groups is 3. The van der Waals surface area contributed by atoms with E-state index in [0.29, 0.717) is 19.3 Å². The molecule has 0 bridgehead atoms. The monoisotopic (exact) mass is 811 g/mol. The lowest BCUT2D eigenvalue weighted by molar-refractivity contribution is -0.167. The van der Waals surface area contributed by atoms with E-state index in [1.165, 1.54) is 89.9 Å². The number of allylic oxidation sites excluding steroid dienone is 10. The molecule has 0 aromatic heterocycles. The molecule has 0 saturated carbocycles. The Balaban J connectivity index is 4.38. The molecule has 0 heterocycles. The zero-order valence-corrected chi connectivity index (χ0v) is 38.0. The topological polar surface area (TPSA) is 78.9 Å². The van der Waals surface area contributed by atoms with E-state index in [9.17, 15) is 14.4 Å². The van der Waals surface area contributed by atoms with Crippen molar-refractivity contribution in [1.82, 2.24) is 0 Å². The Morgan fingerprint density at radius 2 is 0.707 bits per heavy atom. The Hall–Kier alpha value is -2.89. The van der Waals surface area contributed by atoms with Crippen molar-refractivity contribution in [3.05, 3.63) is 60.8 Å². The van der Waals surface area contributed by atoms with Crippen molar-refractivity contribution in [2.75, 3.05) is 13.2 Å². The molecule has 58 heavy (non-hydrogen) atoms. The predicted octanol–water partition coefficient (Wildman–Crippen LogP) is 15.7. The van der Waals surface area contributed by atoms with E-state index in [-0.39, 0.29) is 31.1 Å². The Morgan fingerprint density at radius 3 is 1.16 bits per heavy atom. The van der Waals surface area contributed by atoms with Crippen LogP contribution in [0.2, 0.25) is 0 Å². The van der Waals surface area contributed by atoms with Crippen LogP contribution in [-0.4, -0.2) is 37.2 Å². The number of rotatable bonds is 43. The Kier molecular flexibility index (Phi) is 44.5. The minimum absolute atomic E-state index is 0.0912. The highest BCUT2D eigenvalue weighted by Gasteiger charge is 2.19. The first-order valence-corrected chi connectivity index (χ1v) is 24.3. The van der Waals surface area contributed by atoms with E-state index < -0.39 is 6.10 Å². The average molecular weight is 811 g/mol. The summed E-state index contributed by atoms with van der Waals surface area (Å²) in [6.45, 7) is 6.41. The van der Waals surface area contributed by atoms with Crippen LogP contribution in [0.4, 0.5) is 0 Å². The van der Waals surface area contributed by atoms with Crippen molar-refractivity contribution in [2.45, 2.75) is 239 Å². The summed E-state index contributed by atoms with van der Waals surface area (Å²) in [4.78, 5) is 37.8. The third kappa shape index (κ3) is 44.2. The van der Waals surface area contributed by atoms with Crippen molar-refractivity contribution >= 4 is 17.9 Å². The summed E-state index contributed by atoms with van der Waals surface area (Å²) < 4.78 is 16.7. The molecular formula is C52H90O6. The lowest BCUT2D eigenvalue weighted by Gasteiger charge is -2.18. The smallest absolute Gasteiger partial charge is 0.306 e. The molecule has 6 heteroatoms. The van der Waals surface area contributed by atoms with Crippen molar-refractivity contribution in [1.29, 1.82) is 0 Å². The number of hydrogen-bond donors (Lipinski definition) is 0. The maximum atomic E-state index is 12.7. The van der Waals surface area contributed by atoms with Gasteiger partial charge in [0, 0.05) is 19.3 Å². The number of esters is 3. The van der Waals surface area contributed by atoms with Gasteiger partial charge in [-0.1, -0.05) is 178 Å². The largest absolute Gasteiger partial charge is 0.462 e. The van der Waals surface area contributed by atoms with Crippen LogP contribution in [0.1, 0.15) is 233 Å². The number of unbranched alkanes of at least 4 members (excludes halogenated alkanes) is 22. The van der Waals surface area contributed by atoms with Gasteiger partial charge in [-0.15, -0.1) is 0 Å². The minimum atomic E-state index is -0.792. The van der Waals surface area contributed by atoms with Gasteiger partial charge in [-0.25, -0.2) is 0 Å². The second-order valence-electron chi connectivity index (χ2n) is 16.0. The van der Waals surface area contributed by atoms with Gasteiger partial charge >= 0.3 is 17.9 Å². The van der Waals surface area contributed by atoms with E-state index in [2.05, 4.69) is 81.5 Å². The SMILES string of the molecule is CC/C=C\C/C=C\C/C=C\CCCCCC(=O)OC(COC(=O)CCCCCCC/C=C\CCC)COC(=O)CCCCCCCCC/C=C\CCCCCCCC. The second kappa shape index (κ2) is 46.8. The Morgan fingerprint density at radius 1 is 0.362 bits per heavy atom. The molecule has 1 unspecified atom stereocenters. The molecule has 0 rings (SSSR count). The van der Waals surface area contributed by atoms with Crippen LogP contribution in [-0.2, 0) is 28.6 Å². The minimum Gasteiger partial charge on any atom is -0.462 e. The van der Waals surface area contributed by atoms with Gasteiger partial charge in [0.05, 0.1) is 0 Å². The van der Waals surface area contributed by atoms with Gasteiger partial charge < -0.3 is 14.2 Å². The zero-order valence-electron chi connectivity index (χ0n) is 38.0. The summed E-state index contributed by atoms with van der Waals surface area (Å²) in [6.07, 6.45) is 56.4. The molecule has 0 N–H and O–H groups in total. The van der Waals surface area contributed by atoms with Gasteiger partial charge in [-0.3, -0.25) is 14.4 Å². The molecule has 334 valence electrons. The van der Waals surface area contributed by atoms with Crippen LogP contribution in [0, 0.1) is 0 Å². The van der Waals surface area contributed by atoms with E-state index >= 15 is 0 Å². The first-order chi connectivity index (χ1) is 28.5. The molecular weight excluding hydrogens is 721 g/mol. The predicted molar refractivity (Wildman–Crippen MR) is 247 cm³/mol. The number of carbonyl (C=O) groups excluding carboxylic acids is 3. The molecule has 6 nitrogen and oxygen atoms in total. The molecule has 0 fully saturated rings. The van der Waals surface area contributed by atoms with E-state index in [4.69, 9.17) is 14.2 Å². The summed E-state index contributed by atoms with van der Waals surface area (Å²) >= 11 is 0. The first kappa shape index (κ1) is 55.1. The van der Waals surface area contributed by atoms with Crippen LogP contribution in [0.15, 0.2) is 60.8 Å². The van der Waals surface area contributed by atoms with E-state index in [0.717, 1.165) is 103 Å². The number of ether oxygens (including phenoxy) is 3. The molecule has 0 aliphatic heterocycles. The highest BCUT2D eigenvalue weighted by molar-refractivity contribution is 5.71. The van der Waals surface area contributed by atoms with Crippen LogP contribution in [0.5, 0.6) is 0 Å². The molecule has 0 amide bonds. The normalized spacial score (nSPS) is 12.5. The lowest BCUT2D eigenvalue weighted by Crippen LogP contribution is -2.30. The van der Waals surface area contributed by atoms with Gasteiger partial charge in [0.25, 0.3) is 0 Å². The molecule has 0 aliphatic carbocycles. The molecule has 1 atom stereocenters. The van der Waals surface area contributed by atoms with Gasteiger partial charge in [-0.05, 0) is 96.3 Å². The summed E-state index contributed by atoms with van der Waals surface area (Å²) in [5.41, 5.74) is 0. The zero-order chi connectivity index (χ0) is 42.3. The quantitative estimate of drug-likeness (QED) is 0.0264. The lowest BCUT2D eigenvalue weighted by atomic mass is 10.1. The summed E-state index contributed by atoms with van der Waals surface area (Å²) in [7, 11) is 0. The Labute approximate surface area is 358 Å². The maximum absolute atomic E-state index is 12.7. The highest BCUT2D eigenvalue weighted by atomic mass is 16.6. The third-order valence-electron chi connectivity index (χ3n) is 10.2. The van der Waals surface area contributed by atoms with Gasteiger partial charge in [-0.2, -0.15) is 0 Å². The fourth-order valence-electron chi connectivity index (χ4n) is 6.57. The van der Waals surface area contributed by atoms with Crippen molar-refractivity contribution in [2.24, 2.45) is 0 Å². The van der Waals surface area contributed by atoms with Gasteiger partial charge in [0.15, 0.2) is 6.10 Å². The van der Waals surface area contributed by atoms with Crippen molar-refractivity contribution in [3.8, 4) is 0 Å². The van der Waals surface area contributed by atoms with Gasteiger partial charge in [0.2, 0.25) is 0 Å². The fourth-order valence-corrected chi connectivity index (χ4v) is 6.57. The highest BCUT2D eigenvalue weighted by Crippen LogP contribution is 2.14. The van der Waals surface area contributed by atoms with E-state index in [1.807, 2.05) is 0 Å². The van der Waals surface area contributed by atoms with Gasteiger partial charge in [0.1, 0.15) is 13.2 Å². The second-order valence-corrected chi connectivity index (χ2v) is 16.0. The third-order valence-corrected chi connectivity index (χ3v) is 10.2. The van der Waals surface area contributed by atoms with Crippen LogP contribution < -0.4 is 0 Å². The molecule has 0 aromatic rings. The average Bonchev–Trinajstić information content (AvgIpc) is 3.22. The summed E-state index contributed by atoms with van der Waals surface area (Å²) in [5.74, 6) is -0.937. The maximum Gasteiger partial charge on any atom is 0.306 e. The van der Waals surface area contributed by atoms with Crippen LogP contribution >= 0.6 is 0 Å². The summed E-state index contributed by atoms with van der Waals surface area (Å²) in [6, 6.07) is 0. The molecule has 0 aliphatic rings.